The number of hydrogen-bond acceptors (Lipinski definition) is 6. The molecule has 1 atom stereocenters. The first-order valence-corrected chi connectivity index (χ1v) is 9.96. The van der Waals surface area contributed by atoms with Gasteiger partial charge in [0, 0.05) is 38.8 Å². The van der Waals surface area contributed by atoms with E-state index in [-0.39, 0.29) is 5.03 Å². The van der Waals surface area contributed by atoms with Crippen LogP contribution in [0.5, 0.6) is 11.5 Å². The summed E-state index contributed by atoms with van der Waals surface area (Å²) in [6.07, 6.45) is 4.83. The van der Waals surface area contributed by atoms with Crippen LogP contribution in [-0.2, 0) is 24.1 Å². The lowest BCUT2D eigenvalue weighted by molar-refractivity contribution is 0.392. The highest BCUT2D eigenvalue weighted by Crippen LogP contribution is 2.30. The summed E-state index contributed by atoms with van der Waals surface area (Å²) in [6, 6.07) is 4.44. The van der Waals surface area contributed by atoms with Crippen molar-refractivity contribution in [1.29, 1.82) is 0 Å². The maximum atomic E-state index is 13.0. The number of nitrogens with zero attached hydrogens (tertiary/aromatic N) is 4. The van der Waals surface area contributed by atoms with E-state index >= 15 is 0 Å². The van der Waals surface area contributed by atoms with E-state index < -0.39 is 16.1 Å². The predicted molar refractivity (Wildman–Crippen MR) is 103 cm³/mol. The van der Waals surface area contributed by atoms with Gasteiger partial charge in [-0.3, -0.25) is 0 Å². The third-order valence-electron chi connectivity index (χ3n) is 4.46. The van der Waals surface area contributed by atoms with E-state index in [9.17, 15) is 8.42 Å². The van der Waals surface area contributed by atoms with Crippen LogP contribution < -0.4 is 14.2 Å². The summed E-state index contributed by atoms with van der Waals surface area (Å²) in [6.45, 7) is 1.74. The summed E-state index contributed by atoms with van der Waals surface area (Å²) in [7, 11) is 2.70. The quantitative estimate of drug-likeness (QED) is 0.640. The summed E-state index contributed by atoms with van der Waals surface area (Å²) >= 11 is 0. The Hall–Kier alpha value is -2.85. The van der Waals surface area contributed by atoms with Gasteiger partial charge in [-0.2, -0.15) is 4.72 Å². The zero-order valence-corrected chi connectivity index (χ0v) is 17.2. The van der Waals surface area contributed by atoms with Gasteiger partial charge in [0.1, 0.15) is 29.2 Å². The summed E-state index contributed by atoms with van der Waals surface area (Å²) in [5.41, 5.74) is 0.627. The summed E-state index contributed by atoms with van der Waals surface area (Å²) < 4.78 is 42.8. The highest BCUT2D eigenvalue weighted by Gasteiger charge is 2.28. The molecule has 10 heteroatoms. The second-order valence-electron chi connectivity index (χ2n) is 6.33. The van der Waals surface area contributed by atoms with Gasteiger partial charge >= 0.3 is 0 Å². The van der Waals surface area contributed by atoms with Gasteiger partial charge in [-0.25, -0.2) is 18.4 Å². The molecule has 0 fully saturated rings. The Labute approximate surface area is 164 Å². The molecule has 1 N–H and O–H groups in total. The highest BCUT2D eigenvalue weighted by atomic mass is 32.2. The van der Waals surface area contributed by atoms with Crippen LogP contribution in [0.3, 0.4) is 0 Å². The second kappa shape index (κ2) is 7.64. The maximum absolute atomic E-state index is 13.0. The molecule has 150 valence electrons. The van der Waals surface area contributed by atoms with Gasteiger partial charge in [-0.15, -0.1) is 0 Å². The van der Waals surface area contributed by atoms with Crippen LogP contribution in [0.25, 0.3) is 0 Å². The van der Waals surface area contributed by atoms with Crippen LogP contribution in [0.2, 0.25) is 0 Å². The van der Waals surface area contributed by atoms with Crippen molar-refractivity contribution < 1.29 is 17.9 Å². The average Bonchev–Trinajstić information content (AvgIpc) is 3.25. The number of ether oxygens (including phenoxy) is 2. The van der Waals surface area contributed by atoms with Crippen molar-refractivity contribution in [3.8, 4) is 11.5 Å². The predicted octanol–water partition coefficient (Wildman–Crippen LogP) is 1.55. The van der Waals surface area contributed by atoms with Crippen LogP contribution >= 0.6 is 0 Å². The first-order valence-electron chi connectivity index (χ1n) is 8.47. The van der Waals surface area contributed by atoms with Gasteiger partial charge < -0.3 is 18.6 Å². The van der Waals surface area contributed by atoms with Crippen molar-refractivity contribution in [1.82, 2.24) is 23.8 Å². The zero-order chi connectivity index (χ0) is 20.5. The van der Waals surface area contributed by atoms with Crippen LogP contribution in [-0.4, -0.2) is 41.7 Å². The highest BCUT2D eigenvalue weighted by molar-refractivity contribution is 7.89. The number of sulfonamides is 1. The van der Waals surface area contributed by atoms with Crippen molar-refractivity contribution >= 4 is 10.0 Å². The Balaban J connectivity index is 2.10. The average molecular weight is 405 g/mol. The van der Waals surface area contributed by atoms with E-state index in [0.717, 1.165) is 0 Å². The number of imidazole rings is 2. The molecule has 0 saturated heterocycles. The third kappa shape index (κ3) is 3.87. The summed E-state index contributed by atoms with van der Waals surface area (Å²) in [4.78, 5) is 8.47. The number of benzene rings is 1. The molecule has 2 heterocycles. The molecule has 1 aromatic carbocycles. The first kappa shape index (κ1) is 19.9. The number of hydrogen-bond donors (Lipinski definition) is 1. The fraction of sp³-hybridized carbons (Fsp3) is 0.333. The smallest absolute Gasteiger partial charge is 0.260 e. The van der Waals surface area contributed by atoms with Crippen molar-refractivity contribution in [3.63, 3.8) is 0 Å². The van der Waals surface area contributed by atoms with Crippen molar-refractivity contribution in [2.45, 2.75) is 18.0 Å². The molecule has 0 saturated carbocycles. The first-order chi connectivity index (χ1) is 13.2. The monoisotopic (exact) mass is 405 g/mol. The van der Waals surface area contributed by atoms with Gasteiger partial charge in [0.15, 0.2) is 5.03 Å². The van der Waals surface area contributed by atoms with Crippen molar-refractivity contribution in [3.05, 3.63) is 54.0 Å². The van der Waals surface area contributed by atoms with Gasteiger partial charge in [0.05, 0.1) is 14.2 Å². The summed E-state index contributed by atoms with van der Waals surface area (Å²) in [5.74, 6) is 2.20. The van der Waals surface area contributed by atoms with Crippen LogP contribution in [0, 0.1) is 6.92 Å². The third-order valence-corrected chi connectivity index (χ3v) is 5.75. The Morgan fingerprint density at radius 1 is 1.07 bits per heavy atom. The molecule has 28 heavy (non-hydrogen) atoms. The van der Waals surface area contributed by atoms with Gasteiger partial charge in [0.25, 0.3) is 10.0 Å². The Morgan fingerprint density at radius 3 is 2.18 bits per heavy atom. The normalized spacial score (nSPS) is 12.8. The van der Waals surface area contributed by atoms with E-state index in [1.54, 1.807) is 60.7 Å². The number of methoxy groups -OCH3 is 2. The van der Waals surface area contributed by atoms with Gasteiger partial charge in [-0.1, -0.05) is 0 Å². The van der Waals surface area contributed by atoms with Crippen LogP contribution in [0.4, 0.5) is 0 Å². The second-order valence-corrected chi connectivity index (χ2v) is 7.99. The molecule has 0 aliphatic heterocycles. The molecular formula is C18H23N5O4S. The van der Waals surface area contributed by atoms with E-state index in [1.165, 1.54) is 20.4 Å². The molecule has 1 unspecified atom stereocenters. The van der Waals surface area contributed by atoms with Crippen LogP contribution in [0.15, 0.2) is 41.8 Å². The Kier molecular flexibility index (Phi) is 5.43. The lowest BCUT2D eigenvalue weighted by Crippen LogP contribution is -2.31. The van der Waals surface area contributed by atoms with E-state index in [2.05, 4.69) is 14.7 Å². The number of nitrogens with one attached hydrogen (secondary N) is 1. The lowest BCUT2D eigenvalue weighted by atomic mass is 10.1. The molecular weight excluding hydrogens is 382 g/mol. The minimum absolute atomic E-state index is 0.0541. The topological polar surface area (TPSA) is 100 Å². The summed E-state index contributed by atoms with van der Waals surface area (Å²) in [5, 5.41) is -0.0541. The van der Waals surface area contributed by atoms with Crippen molar-refractivity contribution in [2.24, 2.45) is 14.1 Å². The Morgan fingerprint density at radius 2 is 1.71 bits per heavy atom. The number of rotatable bonds is 7. The van der Waals surface area contributed by atoms with E-state index in [4.69, 9.17) is 9.47 Å². The fourth-order valence-electron chi connectivity index (χ4n) is 2.79. The SMILES string of the molecule is COc1cc(OC)cc(C(NS(=O)(=O)c2cn(C)c(C)n2)c2nccn2C)c1. The van der Waals surface area contributed by atoms with E-state index in [0.29, 0.717) is 28.7 Å². The zero-order valence-electron chi connectivity index (χ0n) is 16.4. The molecule has 0 aliphatic rings. The lowest BCUT2D eigenvalue weighted by Gasteiger charge is -2.20. The van der Waals surface area contributed by atoms with Crippen molar-refractivity contribution in [2.75, 3.05) is 14.2 Å². The molecule has 3 rings (SSSR count). The molecule has 0 aliphatic carbocycles. The fourth-order valence-corrected chi connectivity index (χ4v) is 4.01. The van der Waals surface area contributed by atoms with E-state index in [1.807, 2.05) is 0 Å². The molecule has 0 amide bonds. The molecule has 0 radical (unpaired) electrons. The maximum Gasteiger partial charge on any atom is 0.260 e. The molecule has 2 aromatic heterocycles. The number of aryl methyl sites for hydroxylation is 3. The molecule has 0 bridgehead atoms. The largest absolute Gasteiger partial charge is 0.497 e. The molecule has 3 aromatic rings. The standard InChI is InChI=1S/C18H23N5O4S/c1-12-20-16(11-23(12)3)28(24,25)21-17(18-19-6-7-22(18)2)13-8-14(26-4)10-15(9-13)27-5/h6-11,17,21H,1-5H3. The molecule has 0 spiro atoms. The van der Waals surface area contributed by atoms with Crippen LogP contribution in [0.1, 0.15) is 23.3 Å². The Bertz CT molecular complexity index is 1050. The minimum atomic E-state index is -3.91. The molecule has 9 nitrogen and oxygen atoms in total. The minimum Gasteiger partial charge on any atom is -0.497 e. The van der Waals surface area contributed by atoms with Gasteiger partial charge in [0.2, 0.25) is 0 Å². The number of aromatic nitrogens is 4. The van der Waals surface area contributed by atoms with Gasteiger partial charge in [-0.05, 0) is 24.6 Å².